The average Bonchev–Trinajstić information content (AvgIpc) is 3.26. The Bertz CT molecular complexity index is 479. The molecule has 1 saturated carbocycles. The van der Waals surface area contributed by atoms with E-state index in [-0.39, 0.29) is 18.0 Å². The van der Waals surface area contributed by atoms with E-state index in [1.807, 2.05) is 29.2 Å². The fourth-order valence-corrected chi connectivity index (χ4v) is 2.63. The van der Waals surface area contributed by atoms with Gasteiger partial charge in [0.15, 0.2) is 0 Å². The summed E-state index contributed by atoms with van der Waals surface area (Å²) in [6.45, 7) is 0.844. The largest absolute Gasteiger partial charge is 0.331 e. The van der Waals surface area contributed by atoms with Gasteiger partial charge in [0.25, 0.3) is 0 Å². The number of amides is 1. The molecule has 1 fully saturated rings. The van der Waals surface area contributed by atoms with Gasteiger partial charge >= 0.3 is 0 Å². The van der Waals surface area contributed by atoms with Crippen LogP contribution < -0.4 is 5.73 Å². The minimum Gasteiger partial charge on any atom is -0.331 e. The van der Waals surface area contributed by atoms with Gasteiger partial charge in [0.2, 0.25) is 5.91 Å². The Balaban J connectivity index is 1.90. The second kappa shape index (κ2) is 5.17. The van der Waals surface area contributed by atoms with Crippen molar-refractivity contribution < 1.29 is 4.79 Å². The Kier molecular flexibility index (Phi) is 3.38. The van der Waals surface area contributed by atoms with Gasteiger partial charge in [0, 0.05) is 6.54 Å². The highest BCUT2D eigenvalue weighted by Crippen LogP contribution is 2.34. The number of nitrogens with two attached hydrogens (primary N) is 1. The molecule has 1 aromatic rings. The highest BCUT2D eigenvalue weighted by Gasteiger charge is 2.34. The van der Waals surface area contributed by atoms with Crippen molar-refractivity contribution in [3.05, 3.63) is 48.0 Å². The second-order valence-electron chi connectivity index (χ2n) is 5.56. The third kappa shape index (κ3) is 2.71. The minimum absolute atomic E-state index is 0.0443. The van der Waals surface area contributed by atoms with E-state index in [1.54, 1.807) is 0 Å². The molecule has 1 amide bonds. The smallest absolute Gasteiger partial charge is 0.240 e. The van der Waals surface area contributed by atoms with E-state index < -0.39 is 0 Å². The summed E-state index contributed by atoms with van der Waals surface area (Å²) in [4.78, 5) is 14.4. The van der Waals surface area contributed by atoms with Gasteiger partial charge in [0.1, 0.15) is 0 Å². The van der Waals surface area contributed by atoms with Crippen LogP contribution >= 0.6 is 0 Å². The first-order valence-corrected chi connectivity index (χ1v) is 7.03. The van der Waals surface area contributed by atoms with Gasteiger partial charge in [-0.15, -0.1) is 0 Å². The molecule has 2 N–H and O–H groups in total. The zero-order valence-electron chi connectivity index (χ0n) is 11.0. The molecule has 1 aromatic carbocycles. The van der Waals surface area contributed by atoms with Crippen LogP contribution in [0.25, 0.3) is 0 Å². The molecule has 3 heteroatoms. The fraction of sp³-hybridized carbons (Fsp3) is 0.438. The maximum atomic E-state index is 12.5. The lowest BCUT2D eigenvalue weighted by Crippen LogP contribution is -2.44. The second-order valence-corrected chi connectivity index (χ2v) is 5.56. The van der Waals surface area contributed by atoms with E-state index in [1.165, 1.54) is 18.4 Å². The number of nitrogens with zero attached hydrogens (tertiary/aromatic N) is 1. The molecule has 1 heterocycles. The normalized spacial score (nSPS) is 27.4. The lowest BCUT2D eigenvalue weighted by Gasteiger charge is -2.30. The van der Waals surface area contributed by atoms with Crippen LogP contribution in [0.4, 0.5) is 0 Å². The molecule has 0 radical (unpaired) electrons. The molecule has 0 spiro atoms. The van der Waals surface area contributed by atoms with Crippen molar-refractivity contribution in [1.29, 1.82) is 0 Å². The maximum absolute atomic E-state index is 12.5. The van der Waals surface area contributed by atoms with Crippen LogP contribution in [-0.4, -0.2) is 23.4 Å². The van der Waals surface area contributed by atoms with E-state index >= 15 is 0 Å². The van der Waals surface area contributed by atoms with Crippen molar-refractivity contribution in [2.75, 3.05) is 6.54 Å². The molecule has 3 nitrogen and oxygen atoms in total. The Morgan fingerprint density at radius 1 is 1.21 bits per heavy atom. The van der Waals surface area contributed by atoms with Crippen molar-refractivity contribution in [3.63, 3.8) is 0 Å². The Labute approximate surface area is 114 Å². The highest BCUT2D eigenvalue weighted by atomic mass is 16.2. The first-order chi connectivity index (χ1) is 9.25. The van der Waals surface area contributed by atoms with E-state index in [0.717, 1.165) is 6.54 Å². The Hall–Kier alpha value is -1.61. The first kappa shape index (κ1) is 12.4. The van der Waals surface area contributed by atoms with Crippen LogP contribution in [0.15, 0.2) is 42.5 Å². The molecule has 3 rings (SSSR count). The third-order valence-corrected chi connectivity index (χ3v) is 3.94. The summed E-state index contributed by atoms with van der Waals surface area (Å²) in [7, 11) is 0. The van der Waals surface area contributed by atoms with Crippen LogP contribution in [0, 0.1) is 5.92 Å². The number of hydrogen-bond acceptors (Lipinski definition) is 2. The Morgan fingerprint density at radius 2 is 1.95 bits per heavy atom. The molecular formula is C16H20N2O. The van der Waals surface area contributed by atoms with E-state index in [9.17, 15) is 4.79 Å². The molecule has 2 aliphatic rings. The number of carbonyl (C=O) groups is 1. The molecule has 2 atom stereocenters. The van der Waals surface area contributed by atoms with Gasteiger partial charge < -0.3 is 10.6 Å². The molecule has 0 aromatic heterocycles. The standard InChI is InChI=1S/C16H20N2O/c17-14-7-4-8-15(13-5-2-1-3-6-13)18(16(14)19)11-12-9-10-12/h1-6,8,12,14-15H,7,9-11,17H2/t14?,15-/m1/s1. The van der Waals surface area contributed by atoms with Gasteiger partial charge in [-0.25, -0.2) is 0 Å². The SMILES string of the molecule is NC1CC=C[C@H](c2ccccc2)N(CC2CC2)C1=O. The molecule has 100 valence electrons. The van der Waals surface area contributed by atoms with E-state index in [0.29, 0.717) is 12.3 Å². The summed E-state index contributed by atoms with van der Waals surface area (Å²) in [6, 6.07) is 9.87. The number of carbonyl (C=O) groups excluding carboxylic acids is 1. The molecule has 0 bridgehead atoms. The lowest BCUT2D eigenvalue weighted by atomic mass is 10.0. The van der Waals surface area contributed by atoms with Crippen molar-refractivity contribution in [3.8, 4) is 0 Å². The molecule has 19 heavy (non-hydrogen) atoms. The van der Waals surface area contributed by atoms with Crippen molar-refractivity contribution in [2.24, 2.45) is 11.7 Å². The zero-order valence-corrected chi connectivity index (χ0v) is 11.0. The Morgan fingerprint density at radius 3 is 2.63 bits per heavy atom. The third-order valence-electron chi connectivity index (χ3n) is 3.94. The number of hydrogen-bond donors (Lipinski definition) is 1. The minimum atomic E-state index is -0.385. The van der Waals surface area contributed by atoms with Gasteiger partial charge in [-0.05, 0) is 30.7 Å². The average molecular weight is 256 g/mol. The van der Waals surface area contributed by atoms with Crippen LogP contribution in [0.2, 0.25) is 0 Å². The van der Waals surface area contributed by atoms with Gasteiger partial charge in [-0.2, -0.15) is 0 Å². The zero-order chi connectivity index (χ0) is 13.2. The maximum Gasteiger partial charge on any atom is 0.240 e. The van der Waals surface area contributed by atoms with Crippen LogP contribution in [0.3, 0.4) is 0 Å². The van der Waals surface area contributed by atoms with Crippen molar-refractivity contribution >= 4 is 5.91 Å². The van der Waals surface area contributed by atoms with E-state index in [2.05, 4.69) is 18.2 Å². The summed E-state index contributed by atoms with van der Waals surface area (Å²) < 4.78 is 0. The highest BCUT2D eigenvalue weighted by molar-refractivity contribution is 5.83. The number of benzene rings is 1. The van der Waals surface area contributed by atoms with Gasteiger partial charge in [-0.1, -0.05) is 42.5 Å². The first-order valence-electron chi connectivity index (χ1n) is 7.03. The summed E-state index contributed by atoms with van der Waals surface area (Å²) in [5, 5.41) is 0. The monoisotopic (exact) mass is 256 g/mol. The van der Waals surface area contributed by atoms with Crippen molar-refractivity contribution in [1.82, 2.24) is 4.90 Å². The predicted molar refractivity (Wildman–Crippen MR) is 75.4 cm³/mol. The lowest BCUT2D eigenvalue weighted by molar-refractivity contribution is -0.134. The summed E-state index contributed by atoms with van der Waals surface area (Å²) >= 11 is 0. The summed E-state index contributed by atoms with van der Waals surface area (Å²) in [6.07, 6.45) is 7.30. The number of rotatable bonds is 3. The van der Waals surface area contributed by atoms with E-state index in [4.69, 9.17) is 5.73 Å². The molecular weight excluding hydrogens is 236 g/mol. The summed E-state index contributed by atoms with van der Waals surface area (Å²) in [5.74, 6) is 0.764. The molecule has 0 saturated heterocycles. The topological polar surface area (TPSA) is 46.3 Å². The molecule has 1 unspecified atom stereocenters. The fourth-order valence-electron chi connectivity index (χ4n) is 2.63. The van der Waals surface area contributed by atoms with Crippen LogP contribution in [0.1, 0.15) is 30.9 Å². The van der Waals surface area contributed by atoms with Crippen molar-refractivity contribution in [2.45, 2.75) is 31.3 Å². The molecule has 1 aliphatic carbocycles. The van der Waals surface area contributed by atoms with Gasteiger partial charge in [-0.3, -0.25) is 4.79 Å². The van der Waals surface area contributed by atoms with Crippen LogP contribution in [-0.2, 0) is 4.79 Å². The van der Waals surface area contributed by atoms with Crippen LogP contribution in [0.5, 0.6) is 0 Å². The summed E-state index contributed by atoms with van der Waals surface area (Å²) in [5.41, 5.74) is 7.13. The molecule has 1 aliphatic heterocycles. The van der Waals surface area contributed by atoms with Gasteiger partial charge in [0.05, 0.1) is 12.1 Å². The predicted octanol–water partition coefficient (Wildman–Crippen LogP) is 2.25. The quantitative estimate of drug-likeness (QED) is 0.843.